The first-order valence-electron chi connectivity index (χ1n) is 7.36. The monoisotopic (exact) mass is 257 g/mol. The third-order valence-electron chi connectivity index (χ3n) is 4.47. The van der Waals surface area contributed by atoms with Crippen molar-refractivity contribution in [2.75, 3.05) is 0 Å². The number of imidazole rings is 1. The molecule has 1 aliphatic carbocycles. The molecule has 2 heterocycles. The molecule has 3 heteroatoms. The highest BCUT2D eigenvalue weighted by atomic mass is 15.1. The Morgan fingerprint density at radius 2 is 2.05 bits per heavy atom. The van der Waals surface area contributed by atoms with Crippen molar-refractivity contribution in [3.63, 3.8) is 0 Å². The van der Waals surface area contributed by atoms with E-state index in [4.69, 9.17) is 0 Å². The Morgan fingerprint density at radius 3 is 2.84 bits per heavy atom. The van der Waals surface area contributed by atoms with Crippen molar-refractivity contribution in [1.29, 1.82) is 0 Å². The molecule has 0 spiro atoms. The molecule has 0 atom stereocenters. The van der Waals surface area contributed by atoms with Crippen LogP contribution in [0.25, 0.3) is 5.65 Å². The lowest BCUT2D eigenvalue weighted by Gasteiger charge is -2.34. The highest BCUT2D eigenvalue weighted by molar-refractivity contribution is 5.42. The Labute approximate surface area is 115 Å². The van der Waals surface area contributed by atoms with Gasteiger partial charge in [0.05, 0.1) is 11.4 Å². The first-order valence-corrected chi connectivity index (χ1v) is 7.36. The van der Waals surface area contributed by atoms with Crippen LogP contribution in [0.5, 0.6) is 0 Å². The summed E-state index contributed by atoms with van der Waals surface area (Å²) in [4.78, 5) is 4.62. The van der Waals surface area contributed by atoms with Crippen LogP contribution in [0.3, 0.4) is 0 Å². The number of hydrogen-bond donors (Lipinski definition) is 1. The predicted molar refractivity (Wildman–Crippen MR) is 78.3 cm³/mol. The number of fused-ring (bicyclic) bond motifs is 1. The number of pyridine rings is 1. The van der Waals surface area contributed by atoms with Crippen LogP contribution in [0.15, 0.2) is 24.4 Å². The van der Waals surface area contributed by atoms with E-state index >= 15 is 0 Å². The molecule has 0 unspecified atom stereocenters. The van der Waals surface area contributed by atoms with Crippen LogP contribution in [0.2, 0.25) is 0 Å². The fraction of sp³-hybridized carbons (Fsp3) is 0.562. The van der Waals surface area contributed by atoms with Gasteiger partial charge in [-0.25, -0.2) is 4.98 Å². The summed E-state index contributed by atoms with van der Waals surface area (Å²) >= 11 is 0. The lowest BCUT2D eigenvalue weighted by Crippen LogP contribution is -2.43. The smallest absolute Gasteiger partial charge is 0.137 e. The van der Waals surface area contributed by atoms with Gasteiger partial charge in [0.25, 0.3) is 0 Å². The summed E-state index contributed by atoms with van der Waals surface area (Å²) in [7, 11) is 0. The maximum Gasteiger partial charge on any atom is 0.137 e. The lowest BCUT2D eigenvalue weighted by molar-refractivity contribution is 0.251. The molecule has 1 saturated carbocycles. The van der Waals surface area contributed by atoms with Crippen LogP contribution >= 0.6 is 0 Å². The van der Waals surface area contributed by atoms with Gasteiger partial charge in [-0.15, -0.1) is 0 Å². The van der Waals surface area contributed by atoms with Crippen LogP contribution in [-0.2, 0) is 6.54 Å². The van der Waals surface area contributed by atoms with Gasteiger partial charge in [-0.05, 0) is 38.8 Å². The molecule has 102 valence electrons. The van der Waals surface area contributed by atoms with Crippen molar-refractivity contribution in [3.8, 4) is 0 Å². The Balaban J connectivity index is 1.79. The van der Waals surface area contributed by atoms with E-state index in [1.54, 1.807) is 0 Å². The van der Waals surface area contributed by atoms with E-state index in [1.165, 1.54) is 37.8 Å². The zero-order chi connectivity index (χ0) is 13.3. The van der Waals surface area contributed by atoms with E-state index in [0.717, 1.165) is 17.9 Å². The van der Waals surface area contributed by atoms with Crippen LogP contribution in [-0.4, -0.2) is 14.9 Å². The highest BCUT2D eigenvalue weighted by Gasteiger charge is 2.26. The van der Waals surface area contributed by atoms with Crippen molar-refractivity contribution >= 4 is 5.65 Å². The average Bonchev–Trinajstić information content (AvgIpc) is 2.73. The second-order valence-corrected chi connectivity index (χ2v) is 6.05. The summed E-state index contributed by atoms with van der Waals surface area (Å²) in [5.74, 6) is 0. The summed E-state index contributed by atoms with van der Waals surface area (Å²) in [5.41, 5.74) is 3.79. The molecule has 0 aromatic carbocycles. The molecule has 0 aliphatic heterocycles. The van der Waals surface area contributed by atoms with Crippen molar-refractivity contribution in [2.45, 2.75) is 58.0 Å². The molecule has 1 aliphatic rings. The molecule has 0 bridgehead atoms. The summed E-state index contributed by atoms with van der Waals surface area (Å²) in [6.07, 6.45) is 8.80. The van der Waals surface area contributed by atoms with Crippen molar-refractivity contribution in [1.82, 2.24) is 14.7 Å². The Morgan fingerprint density at radius 1 is 1.26 bits per heavy atom. The fourth-order valence-corrected chi connectivity index (χ4v) is 3.18. The minimum atomic E-state index is 0.309. The third kappa shape index (κ3) is 2.52. The molecule has 0 saturated heterocycles. The average molecular weight is 257 g/mol. The van der Waals surface area contributed by atoms with Crippen molar-refractivity contribution in [2.24, 2.45) is 0 Å². The molecular formula is C16H23N3. The first kappa shape index (κ1) is 12.7. The molecule has 19 heavy (non-hydrogen) atoms. The molecule has 0 radical (unpaired) electrons. The minimum Gasteiger partial charge on any atom is -0.306 e. The number of hydrogen-bond acceptors (Lipinski definition) is 2. The SMILES string of the molecule is Cc1nc2ccccn2c1CNC1(C)CCCCC1. The first-order chi connectivity index (χ1) is 9.18. The van der Waals surface area contributed by atoms with Gasteiger partial charge in [0.2, 0.25) is 0 Å². The van der Waals surface area contributed by atoms with Crippen LogP contribution < -0.4 is 5.32 Å². The van der Waals surface area contributed by atoms with E-state index in [-0.39, 0.29) is 0 Å². The topological polar surface area (TPSA) is 29.3 Å². The standard InChI is InChI=1S/C16H23N3/c1-13-14(19-11-7-4-8-15(19)18-13)12-17-16(2)9-5-3-6-10-16/h4,7-8,11,17H,3,5-6,9-10,12H2,1-2H3. The van der Waals surface area contributed by atoms with Gasteiger partial charge >= 0.3 is 0 Å². The van der Waals surface area contributed by atoms with E-state index in [9.17, 15) is 0 Å². The summed E-state index contributed by atoms with van der Waals surface area (Å²) in [6.45, 7) is 5.38. The quantitative estimate of drug-likeness (QED) is 0.912. The van der Waals surface area contributed by atoms with Gasteiger partial charge in [-0.2, -0.15) is 0 Å². The molecule has 2 aromatic heterocycles. The van der Waals surface area contributed by atoms with Crippen LogP contribution in [0, 0.1) is 6.92 Å². The molecule has 1 fully saturated rings. The van der Waals surface area contributed by atoms with Gasteiger partial charge in [-0.1, -0.05) is 25.3 Å². The van der Waals surface area contributed by atoms with Gasteiger partial charge in [0, 0.05) is 18.3 Å². The summed E-state index contributed by atoms with van der Waals surface area (Å²) < 4.78 is 2.20. The number of nitrogens with one attached hydrogen (secondary N) is 1. The van der Waals surface area contributed by atoms with E-state index in [0.29, 0.717) is 5.54 Å². The van der Waals surface area contributed by atoms with Crippen LogP contribution in [0.1, 0.15) is 50.4 Å². The Kier molecular flexibility index (Phi) is 3.31. The fourth-order valence-electron chi connectivity index (χ4n) is 3.18. The Bertz CT molecular complexity index is 564. The Hall–Kier alpha value is -1.35. The minimum absolute atomic E-state index is 0.309. The maximum atomic E-state index is 4.62. The third-order valence-corrected chi connectivity index (χ3v) is 4.47. The maximum absolute atomic E-state index is 4.62. The normalized spacial score (nSPS) is 18.8. The van der Waals surface area contributed by atoms with Crippen molar-refractivity contribution < 1.29 is 0 Å². The molecular weight excluding hydrogens is 234 g/mol. The zero-order valence-corrected chi connectivity index (χ0v) is 11.9. The zero-order valence-electron chi connectivity index (χ0n) is 11.9. The predicted octanol–water partition coefficient (Wildman–Crippen LogP) is 3.46. The molecule has 3 rings (SSSR count). The van der Waals surface area contributed by atoms with Crippen LogP contribution in [0.4, 0.5) is 0 Å². The van der Waals surface area contributed by atoms with E-state index < -0.39 is 0 Å². The van der Waals surface area contributed by atoms with Gasteiger partial charge in [0.15, 0.2) is 0 Å². The molecule has 3 nitrogen and oxygen atoms in total. The number of aryl methyl sites for hydroxylation is 1. The second kappa shape index (κ2) is 4.97. The number of aromatic nitrogens is 2. The van der Waals surface area contributed by atoms with Gasteiger partial charge in [0.1, 0.15) is 5.65 Å². The molecule has 1 N–H and O–H groups in total. The van der Waals surface area contributed by atoms with Gasteiger partial charge in [-0.3, -0.25) is 0 Å². The largest absolute Gasteiger partial charge is 0.306 e. The van der Waals surface area contributed by atoms with E-state index in [2.05, 4.69) is 46.9 Å². The van der Waals surface area contributed by atoms with E-state index in [1.807, 2.05) is 6.07 Å². The number of nitrogens with zero attached hydrogens (tertiary/aromatic N) is 2. The number of rotatable bonds is 3. The van der Waals surface area contributed by atoms with Crippen molar-refractivity contribution in [3.05, 3.63) is 35.8 Å². The summed E-state index contributed by atoms with van der Waals surface area (Å²) in [6, 6.07) is 6.18. The molecule has 0 amide bonds. The lowest BCUT2D eigenvalue weighted by atomic mass is 9.83. The summed E-state index contributed by atoms with van der Waals surface area (Å²) in [5, 5.41) is 3.77. The highest BCUT2D eigenvalue weighted by Crippen LogP contribution is 2.28. The van der Waals surface area contributed by atoms with Gasteiger partial charge < -0.3 is 9.72 Å². The second-order valence-electron chi connectivity index (χ2n) is 6.05. The molecule has 2 aromatic rings.